The van der Waals surface area contributed by atoms with E-state index in [-0.39, 0.29) is 11.6 Å². The number of benzene rings is 2. The Bertz CT molecular complexity index is 617. The highest BCUT2D eigenvalue weighted by molar-refractivity contribution is 6.30. The average molecular weight is 308 g/mol. The molecule has 0 saturated heterocycles. The number of nitrogens with zero attached hydrogens (tertiary/aromatic N) is 1. The van der Waals surface area contributed by atoms with Crippen LogP contribution >= 0.6 is 11.6 Å². The maximum absolute atomic E-state index is 13.5. The summed E-state index contributed by atoms with van der Waals surface area (Å²) in [5.74, 6) is -0.499. The molecule has 0 spiro atoms. The van der Waals surface area contributed by atoms with Gasteiger partial charge in [0.1, 0.15) is 18.1 Å². The van der Waals surface area contributed by atoms with Crippen LogP contribution < -0.4 is 0 Å². The fourth-order valence-electron chi connectivity index (χ4n) is 1.73. The van der Waals surface area contributed by atoms with Gasteiger partial charge in [-0.25, -0.2) is 4.39 Å². The molecule has 0 aromatic heterocycles. The Morgan fingerprint density at radius 3 is 2.62 bits per heavy atom. The standard InChI is InChI=1S/C16H15ClFNO2/c1-20-11-16(13-7-8-14(17)15(18)9-13)19-21-10-12-5-3-2-4-6-12/h2-9H,10-11H2,1H3/b19-16+. The number of ether oxygens (including phenoxy) is 1. The van der Waals surface area contributed by atoms with Gasteiger partial charge in [0.25, 0.3) is 0 Å². The van der Waals surface area contributed by atoms with E-state index in [2.05, 4.69) is 5.16 Å². The Kier molecular flexibility index (Phi) is 5.72. The molecule has 0 radical (unpaired) electrons. The van der Waals surface area contributed by atoms with Crippen molar-refractivity contribution < 1.29 is 14.0 Å². The molecule has 0 N–H and O–H groups in total. The topological polar surface area (TPSA) is 30.8 Å². The molecule has 0 atom stereocenters. The molecule has 2 aromatic rings. The number of oxime groups is 1. The number of halogens is 2. The van der Waals surface area contributed by atoms with Crippen molar-refractivity contribution >= 4 is 17.3 Å². The minimum absolute atomic E-state index is 0.0701. The lowest BCUT2D eigenvalue weighted by molar-refractivity contribution is 0.127. The van der Waals surface area contributed by atoms with E-state index in [1.807, 2.05) is 30.3 Å². The van der Waals surface area contributed by atoms with Gasteiger partial charge >= 0.3 is 0 Å². The molecule has 0 aliphatic rings. The van der Waals surface area contributed by atoms with Crippen LogP contribution in [0.1, 0.15) is 11.1 Å². The molecule has 0 aliphatic carbocycles. The minimum atomic E-state index is -0.499. The summed E-state index contributed by atoms with van der Waals surface area (Å²) in [5.41, 5.74) is 2.08. The van der Waals surface area contributed by atoms with Gasteiger partial charge in [0.2, 0.25) is 0 Å². The van der Waals surface area contributed by atoms with E-state index in [1.165, 1.54) is 12.1 Å². The molecule has 0 aliphatic heterocycles. The second-order valence-corrected chi connectivity index (χ2v) is 4.77. The van der Waals surface area contributed by atoms with Crippen molar-refractivity contribution in [3.63, 3.8) is 0 Å². The molecular weight excluding hydrogens is 293 g/mol. The lowest BCUT2D eigenvalue weighted by Gasteiger charge is -2.07. The third-order valence-electron chi connectivity index (χ3n) is 2.78. The van der Waals surface area contributed by atoms with E-state index >= 15 is 0 Å². The third-order valence-corrected chi connectivity index (χ3v) is 3.09. The predicted octanol–water partition coefficient (Wildman–Crippen LogP) is 4.05. The molecule has 0 unspecified atom stereocenters. The van der Waals surface area contributed by atoms with Gasteiger partial charge in [-0.3, -0.25) is 0 Å². The van der Waals surface area contributed by atoms with Gasteiger partial charge in [0.15, 0.2) is 0 Å². The first kappa shape index (κ1) is 15.5. The van der Waals surface area contributed by atoms with Crippen molar-refractivity contribution in [1.82, 2.24) is 0 Å². The van der Waals surface area contributed by atoms with Crippen LogP contribution in [0.5, 0.6) is 0 Å². The summed E-state index contributed by atoms with van der Waals surface area (Å²) in [5, 5.41) is 4.10. The van der Waals surface area contributed by atoms with Crippen LogP contribution in [0, 0.1) is 5.82 Å². The van der Waals surface area contributed by atoms with Gasteiger partial charge in [-0.2, -0.15) is 0 Å². The number of rotatable bonds is 6. The zero-order chi connectivity index (χ0) is 15.1. The summed E-state index contributed by atoms with van der Waals surface area (Å²) >= 11 is 5.67. The molecule has 110 valence electrons. The van der Waals surface area contributed by atoms with Crippen molar-refractivity contribution in [3.8, 4) is 0 Å². The lowest BCUT2D eigenvalue weighted by Crippen LogP contribution is -2.10. The first-order valence-corrected chi connectivity index (χ1v) is 6.75. The first-order chi connectivity index (χ1) is 10.2. The van der Waals surface area contributed by atoms with E-state index in [1.54, 1.807) is 13.2 Å². The van der Waals surface area contributed by atoms with E-state index < -0.39 is 5.82 Å². The fraction of sp³-hybridized carbons (Fsp3) is 0.188. The number of hydrogen-bond acceptors (Lipinski definition) is 3. The molecule has 3 nitrogen and oxygen atoms in total. The van der Waals surface area contributed by atoms with Crippen molar-refractivity contribution in [2.75, 3.05) is 13.7 Å². The Morgan fingerprint density at radius 2 is 1.95 bits per heavy atom. The normalized spacial score (nSPS) is 11.5. The number of methoxy groups -OCH3 is 1. The molecule has 2 rings (SSSR count). The summed E-state index contributed by atoms with van der Waals surface area (Å²) in [6.45, 7) is 0.556. The zero-order valence-electron chi connectivity index (χ0n) is 11.6. The van der Waals surface area contributed by atoms with Crippen LogP contribution in [0.3, 0.4) is 0 Å². The highest BCUT2D eigenvalue weighted by Crippen LogP contribution is 2.16. The van der Waals surface area contributed by atoms with Crippen LogP contribution in [0.2, 0.25) is 5.02 Å². The molecular formula is C16H15ClFNO2. The number of hydrogen-bond donors (Lipinski definition) is 0. The van der Waals surface area contributed by atoms with E-state index in [0.717, 1.165) is 5.56 Å². The van der Waals surface area contributed by atoms with Gasteiger partial charge in [0.05, 0.1) is 11.6 Å². The summed E-state index contributed by atoms with van der Waals surface area (Å²) in [4.78, 5) is 5.31. The van der Waals surface area contributed by atoms with E-state index in [0.29, 0.717) is 17.9 Å². The van der Waals surface area contributed by atoms with E-state index in [4.69, 9.17) is 21.2 Å². The average Bonchev–Trinajstić information content (AvgIpc) is 2.50. The maximum atomic E-state index is 13.5. The van der Waals surface area contributed by atoms with Crippen LogP contribution in [-0.2, 0) is 16.2 Å². The van der Waals surface area contributed by atoms with Crippen LogP contribution in [0.4, 0.5) is 4.39 Å². The minimum Gasteiger partial charge on any atom is -0.391 e. The lowest BCUT2D eigenvalue weighted by atomic mass is 10.1. The molecule has 0 fully saturated rings. The maximum Gasteiger partial charge on any atom is 0.142 e. The molecule has 0 heterocycles. The smallest absolute Gasteiger partial charge is 0.142 e. The van der Waals surface area contributed by atoms with Crippen LogP contribution in [0.15, 0.2) is 53.7 Å². The van der Waals surface area contributed by atoms with Gasteiger partial charge in [-0.15, -0.1) is 0 Å². The van der Waals surface area contributed by atoms with Crippen LogP contribution in [0.25, 0.3) is 0 Å². The second kappa shape index (κ2) is 7.76. The Labute approximate surface area is 127 Å². The first-order valence-electron chi connectivity index (χ1n) is 6.38. The molecule has 0 bridgehead atoms. The summed E-state index contributed by atoms with van der Waals surface area (Å²) in [6.07, 6.45) is 0. The van der Waals surface area contributed by atoms with Gasteiger partial charge in [0, 0.05) is 12.7 Å². The van der Waals surface area contributed by atoms with E-state index in [9.17, 15) is 4.39 Å². The van der Waals surface area contributed by atoms with Crippen molar-refractivity contribution in [2.45, 2.75) is 6.61 Å². The van der Waals surface area contributed by atoms with Crippen LogP contribution in [-0.4, -0.2) is 19.4 Å². The van der Waals surface area contributed by atoms with Crippen molar-refractivity contribution in [1.29, 1.82) is 0 Å². The van der Waals surface area contributed by atoms with Gasteiger partial charge < -0.3 is 9.57 Å². The molecule has 5 heteroatoms. The van der Waals surface area contributed by atoms with Gasteiger partial charge in [-0.05, 0) is 17.7 Å². The Morgan fingerprint density at radius 1 is 1.19 bits per heavy atom. The second-order valence-electron chi connectivity index (χ2n) is 4.36. The monoisotopic (exact) mass is 307 g/mol. The Hall–Kier alpha value is -1.91. The van der Waals surface area contributed by atoms with Crippen molar-refractivity contribution in [3.05, 3.63) is 70.5 Å². The summed E-state index contributed by atoms with van der Waals surface area (Å²) in [7, 11) is 1.54. The third kappa shape index (κ3) is 4.55. The molecule has 0 saturated carbocycles. The fourth-order valence-corrected chi connectivity index (χ4v) is 1.85. The summed E-state index contributed by atoms with van der Waals surface area (Å²) < 4.78 is 18.6. The summed E-state index contributed by atoms with van der Waals surface area (Å²) in [6, 6.07) is 14.1. The molecule has 21 heavy (non-hydrogen) atoms. The van der Waals surface area contributed by atoms with Crippen molar-refractivity contribution in [2.24, 2.45) is 5.16 Å². The highest BCUT2D eigenvalue weighted by atomic mass is 35.5. The SMILES string of the molecule is COC/C(=N\OCc1ccccc1)c1ccc(Cl)c(F)c1. The molecule has 2 aromatic carbocycles. The predicted molar refractivity (Wildman–Crippen MR) is 81.1 cm³/mol. The molecule has 0 amide bonds. The zero-order valence-corrected chi connectivity index (χ0v) is 12.3. The largest absolute Gasteiger partial charge is 0.391 e. The quantitative estimate of drug-likeness (QED) is 0.595. The van der Waals surface area contributed by atoms with Gasteiger partial charge in [-0.1, -0.05) is 53.2 Å². The Balaban J connectivity index is 2.10. The highest BCUT2D eigenvalue weighted by Gasteiger charge is 2.08.